The maximum atomic E-state index is 12.5. The van der Waals surface area contributed by atoms with Gasteiger partial charge in [0.15, 0.2) is 11.0 Å². The molecule has 0 saturated carbocycles. The predicted octanol–water partition coefficient (Wildman–Crippen LogP) is 1.72. The number of nitrogens with zero attached hydrogens (tertiary/aromatic N) is 2. The Balaban J connectivity index is 1.58. The molecule has 5 N–H and O–H groups in total. The van der Waals surface area contributed by atoms with Crippen molar-refractivity contribution < 1.29 is 9.53 Å². The van der Waals surface area contributed by atoms with Crippen LogP contribution in [-0.2, 0) is 6.54 Å². The number of nitrogens with one attached hydrogen (secondary N) is 3. The number of fused-ring (bicyclic) bond motifs is 1. The molecule has 0 aliphatic rings. The molecule has 0 aliphatic carbocycles. The van der Waals surface area contributed by atoms with Gasteiger partial charge in [-0.1, -0.05) is 35.5 Å². The molecule has 0 atom stereocenters. The van der Waals surface area contributed by atoms with Crippen molar-refractivity contribution in [1.82, 2.24) is 20.7 Å². The van der Waals surface area contributed by atoms with Crippen LogP contribution in [0, 0.1) is 6.92 Å². The minimum Gasteiger partial charge on any atom is -0.493 e. The zero-order chi connectivity index (χ0) is 22.2. The van der Waals surface area contributed by atoms with Gasteiger partial charge in [0.25, 0.3) is 11.5 Å². The smallest absolute Gasteiger partial charge is 0.287 e. The topological polar surface area (TPSA) is 134 Å². The highest BCUT2D eigenvalue weighted by atomic mass is 32.2. The largest absolute Gasteiger partial charge is 0.493 e. The lowest BCUT2D eigenvalue weighted by Gasteiger charge is -2.09. The highest BCUT2D eigenvalue weighted by Gasteiger charge is 2.11. The Morgan fingerprint density at radius 1 is 1.29 bits per heavy atom. The Hall–Kier alpha value is -3.37. The van der Waals surface area contributed by atoms with Crippen LogP contribution in [0.15, 0.2) is 52.3 Å². The van der Waals surface area contributed by atoms with Gasteiger partial charge in [0, 0.05) is 19.3 Å². The second-order valence-corrected chi connectivity index (χ2v) is 7.72. The first-order valence-corrected chi connectivity index (χ1v) is 10.6. The van der Waals surface area contributed by atoms with Gasteiger partial charge in [-0.05, 0) is 36.8 Å². The summed E-state index contributed by atoms with van der Waals surface area (Å²) < 4.78 is 5.73. The van der Waals surface area contributed by atoms with E-state index in [9.17, 15) is 9.59 Å². The number of hydrogen-bond acceptors (Lipinski definition) is 7. The van der Waals surface area contributed by atoms with Gasteiger partial charge in [0.2, 0.25) is 0 Å². The molecule has 0 bridgehead atoms. The Kier molecular flexibility index (Phi) is 7.63. The van der Waals surface area contributed by atoms with Crippen molar-refractivity contribution >= 4 is 33.7 Å². The highest BCUT2D eigenvalue weighted by molar-refractivity contribution is 8.13. The molecule has 1 aromatic heterocycles. The molecular formula is C21H24N6O3S. The number of hydrazine groups is 1. The molecule has 3 rings (SSSR count). The second kappa shape index (κ2) is 10.6. The summed E-state index contributed by atoms with van der Waals surface area (Å²) in [5, 5.41) is 3.87. The first-order chi connectivity index (χ1) is 15.0. The number of thioether (sulfide) groups is 1. The average Bonchev–Trinajstić information content (AvgIpc) is 2.78. The van der Waals surface area contributed by atoms with E-state index >= 15 is 0 Å². The van der Waals surface area contributed by atoms with Crippen LogP contribution in [0.3, 0.4) is 0 Å². The molecule has 0 unspecified atom stereocenters. The number of amides is 1. The van der Waals surface area contributed by atoms with Crippen LogP contribution in [-0.4, -0.2) is 40.5 Å². The third-order valence-corrected chi connectivity index (χ3v) is 5.29. The maximum absolute atomic E-state index is 12.5. The average molecular weight is 441 g/mol. The van der Waals surface area contributed by atoms with Crippen molar-refractivity contribution in [2.75, 3.05) is 19.4 Å². The number of aromatic amines is 1. The molecular weight excluding hydrogens is 416 g/mol. The summed E-state index contributed by atoms with van der Waals surface area (Å²) in [5.74, 6) is 6.23. The quantitative estimate of drug-likeness (QED) is 0.144. The Morgan fingerprint density at radius 2 is 2.13 bits per heavy atom. The highest BCUT2D eigenvalue weighted by Crippen LogP contribution is 2.14. The van der Waals surface area contributed by atoms with E-state index in [1.165, 1.54) is 11.8 Å². The summed E-state index contributed by atoms with van der Waals surface area (Å²) in [5.41, 5.74) is 4.46. The van der Waals surface area contributed by atoms with E-state index in [0.717, 1.165) is 11.1 Å². The number of aromatic nitrogens is 2. The monoisotopic (exact) mass is 440 g/mol. The van der Waals surface area contributed by atoms with E-state index < -0.39 is 5.91 Å². The molecule has 3 aromatic rings. The molecule has 1 amide bonds. The number of aryl methyl sites for hydroxylation is 1. The fraction of sp³-hybridized carbons (Fsp3) is 0.238. The van der Waals surface area contributed by atoms with Gasteiger partial charge in [-0.25, -0.2) is 10.8 Å². The standard InChI is InChI=1S/C21H24N6O3S/c1-13-6-7-17-16(10-13)19(28)26-18(25-17)20(29)24-12-14-4-3-5-15(11-14)30-8-9-31-21(23-2)27-22/h3-7,10-11H,8-9,12,22H2,1-2H3,(H,23,27)(H,24,29)(H,25,26,28). The van der Waals surface area contributed by atoms with Crippen molar-refractivity contribution in [3.05, 3.63) is 69.8 Å². The number of amidine groups is 1. The van der Waals surface area contributed by atoms with Gasteiger partial charge in [-0.15, -0.1) is 0 Å². The van der Waals surface area contributed by atoms with Gasteiger partial charge >= 0.3 is 0 Å². The summed E-state index contributed by atoms with van der Waals surface area (Å²) in [4.78, 5) is 35.6. The lowest BCUT2D eigenvalue weighted by molar-refractivity contribution is 0.0940. The minimum atomic E-state index is -0.456. The summed E-state index contributed by atoms with van der Waals surface area (Å²) in [6.07, 6.45) is 0. The van der Waals surface area contributed by atoms with Crippen molar-refractivity contribution in [2.45, 2.75) is 13.5 Å². The van der Waals surface area contributed by atoms with E-state index in [4.69, 9.17) is 10.6 Å². The summed E-state index contributed by atoms with van der Waals surface area (Å²) >= 11 is 1.46. The Labute approximate surface area is 183 Å². The van der Waals surface area contributed by atoms with Gasteiger partial charge in [-0.2, -0.15) is 0 Å². The first-order valence-electron chi connectivity index (χ1n) is 9.57. The molecule has 0 fully saturated rings. The molecule has 0 aliphatic heterocycles. The van der Waals surface area contributed by atoms with Gasteiger partial charge in [0.1, 0.15) is 5.75 Å². The lowest BCUT2D eigenvalue weighted by atomic mass is 10.2. The molecule has 2 aromatic carbocycles. The molecule has 1 heterocycles. The summed E-state index contributed by atoms with van der Waals surface area (Å²) in [7, 11) is 1.66. The van der Waals surface area contributed by atoms with Crippen molar-refractivity contribution in [3.63, 3.8) is 0 Å². The third-order valence-electron chi connectivity index (χ3n) is 4.34. The van der Waals surface area contributed by atoms with Crippen LogP contribution in [0.4, 0.5) is 0 Å². The van der Waals surface area contributed by atoms with Crippen molar-refractivity contribution in [2.24, 2.45) is 10.8 Å². The zero-order valence-electron chi connectivity index (χ0n) is 17.3. The maximum Gasteiger partial charge on any atom is 0.287 e. The number of carbonyl (C=O) groups is 1. The van der Waals surface area contributed by atoms with E-state index in [1.54, 1.807) is 19.2 Å². The Bertz CT molecular complexity index is 1160. The molecule has 162 valence electrons. The van der Waals surface area contributed by atoms with Crippen LogP contribution in [0.2, 0.25) is 0 Å². The predicted molar refractivity (Wildman–Crippen MR) is 123 cm³/mol. The van der Waals surface area contributed by atoms with Crippen molar-refractivity contribution in [1.29, 1.82) is 0 Å². The number of rotatable bonds is 7. The summed E-state index contributed by atoms with van der Waals surface area (Å²) in [6.45, 7) is 2.64. The number of nitrogens with two attached hydrogens (primary N) is 1. The number of carbonyl (C=O) groups excluding carboxylic acids is 1. The van der Waals surface area contributed by atoms with Crippen LogP contribution < -0.4 is 26.9 Å². The van der Waals surface area contributed by atoms with E-state index in [0.29, 0.717) is 34.2 Å². The van der Waals surface area contributed by atoms with E-state index in [2.05, 4.69) is 25.7 Å². The molecule has 9 nitrogen and oxygen atoms in total. The first kappa shape index (κ1) is 22.3. The molecule has 0 spiro atoms. The number of ether oxygens (including phenoxy) is 1. The van der Waals surface area contributed by atoms with Gasteiger partial charge in [-0.3, -0.25) is 14.6 Å². The van der Waals surface area contributed by atoms with Crippen LogP contribution in [0.1, 0.15) is 21.7 Å². The number of aliphatic imine (C=N–C) groups is 1. The molecule has 31 heavy (non-hydrogen) atoms. The minimum absolute atomic E-state index is 0.0207. The summed E-state index contributed by atoms with van der Waals surface area (Å²) in [6, 6.07) is 12.7. The van der Waals surface area contributed by atoms with Crippen LogP contribution in [0.5, 0.6) is 5.75 Å². The lowest BCUT2D eigenvalue weighted by Crippen LogP contribution is -2.28. The number of benzene rings is 2. The van der Waals surface area contributed by atoms with E-state index in [-0.39, 0.29) is 17.9 Å². The van der Waals surface area contributed by atoms with E-state index in [1.807, 2.05) is 37.3 Å². The zero-order valence-corrected chi connectivity index (χ0v) is 18.1. The fourth-order valence-electron chi connectivity index (χ4n) is 2.84. The van der Waals surface area contributed by atoms with Gasteiger partial charge in [0.05, 0.1) is 17.5 Å². The molecule has 0 radical (unpaired) electrons. The van der Waals surface area contributed by atoms with Gasteiger partial charge < -0.3 is 20.5 Å². The molecule has 10 heteroatoms. The normalized spacial score (nSPS) is 11.4. The second-order valence-electron chi connectivity index (χ2n) is 6.64. The van der Waals surface area contributed by atoms with Crippen molar-refractivity contribution in [3.8, 4) is 5.75 Å². The number of hydrogen-bond donors (Lipinski definition) is 4. The fourth-order valence-corrected chi connectivity index (χ4v) is 3.41. The van der Waals surface area contributed by atoms with Crippen LogP contribution >= 0.6 is 11.8 Å². The number of H-pyrrole nitrogens is 1. The Morgan fingerprint density at radius 3 is 2.90 bits per heavy atom. The van der Waals surface area contributed by atoms with Crippen LogP contribution in [0.25, 0.3) is 10.9 Å². The SMILES string of the molecule is CN=C(NN)SCCOc1cccc(CNC(=O)c2nc3ccc(C)cc3c(=O)[nH]2)c1. The molecule has 0 saturated heterocycles. The third kappa shape index (κ3) is 6.06.